The highest BCUT2D eigenvalue weighted by Gasteiger charge is 2.11. The summed E-state index contributed by atoms with van der Waals surface area (Å²) in [5.74, 6) is -1.75. The lowest BCUT2D eigenvalue weighted by Crippen LogP contribution is -2.26. The van der Waals surface area contributed by atoms with E-state index in [0.29, 0.717) is 11.1 Å². The van der Waals surface area contributed by atoms with Gasteiger partial charge in [-0.3, -0.25) is 14.3 Å². The Hall–Kier alpha value is -2.70. The maximum atomic E-state index is 13.9. The summed E-state index contributed by atoms with van der Waals surface area (Å²) in [5, 5.41) is 12.8. The molecule has 0 radical (unpaired) electrons. The molecular formula is C15H16FN3O3. The van der Waals surface area contributed by atoms with Crippen LogP contribution in [0.15, 0.2) is 30.6 Å². The predicted molar refractivity (Wildman–Crippen MR) is 77.7 cm³/mol. The molecule has 0 unspecified atom stereocenters. The fourth-order valence-corrected chi connectivity index (χ4v) is 1.91. The number of aromatic nitrogens is 2. The van der Waals surface area contributed by atoms with E-state index in [1.807, 2.05) is 0 Å². The lowest BCUT2D eigenvalue weighted by atomic mass is 10.0. The number of amides is 1. The Labute approximate surface area is 126 Å². The molecule has 1 aromatic carbocycles. The first-order valence-electron chi connectivity index (χ1n) is 6.60. The van der Waals surface area contributed by atoms with Gasteiger partial charge >= 0.3 is 5.97 Å². The third kappa shape index (κ3) is 3.69. The molecule has 1 amide bonds. The van der Waals surface area contributed by atoms with Gasteiger partial charge in [0.15, 0.2) is 0 Å². The highest BCUT2D eigenvalue weighted by atomic mass is 19.1. The summed E-state index contributed by atoms with van der Waals surface area (Å²) >= 11 is 0. The Bertz CT molecular complexity index is 710. The summed E-state index contributed by atoms with van der Waals surface area (Å²) in [6.07, 6.45) is 2.82. The quantitative estimate of drug-likeness (QED) is 0.906. The van der Waals surface area contributed by atoms with E-state index in [4.69, 9.17) is 5.11 Å². The van der Waals surface area contributed by atoms with Crippen LogP contribution in [0.1, 0.15) is 5.56 Å². The van der Waals surface area contributed by atoms with Gasteiger partial charge in [-0.25, -0.2) is 4.39 Å². The number of rotatable bonds is 5. The van der Waals surface area contributed by atoms with E-state index in [1.165, 1.54) is 27.9 Å². The summed E-state index contributed by atoms with van der Waals surface area (Å²) in [6, 6.07) is 4.35. The highest BCUT2D eigenvalue weighted by molar-refractivity contribution is 5.75. The molecule has 1 N–H and O–H groups in total. The van der Waals surface area contributed by atoms with Crippen LogP contribution in [0.5, 0.6) is 0 Å². The third-order valence-electron chi connectivity index (χ3n) is 3.16. The molecule has 0 saturated carbocycles. The van der Waals surface area contributed by atoms with Gasteiger partial charge in [0.2, 0.25) is 5.91 Å². The smallest absolute Gasteiger partial charge is 0.307 e. The minimum absolute atomic E-state index is 0.0994. The van der Waals surface area contributed by atoms with E-state index in [0.717, 1.165) is 0 Å². The molecule has 1 heterocycles. The van der Waals surface area contributed by atoms with Crippen molar-refractivity contribution < 1.29 is 19.1 Å². The van der Waals surface area contributed by atoms with E-state index in [1.54, 1.807) is 26.4 Å². The molecule has 1 aromatic heterocycles. The van der Waals surface area contributed by atoms with Gasteiger partial charge in [-0.2, -0.15) is 5.10 Å². The topological polar surface area (TPSA) is 75.4 Å². The molecule has 0 aliphatic carbocycles. The molecule has 0 atom stereocenters. The number of hydrogen-bond acceptors (Lipinski definition) is 3. The summed E-state index contributed by atoms with van der Waals surface area (Å²) in [4.78, 5) is 23.7. The first kappa shape index (κ1) is 15.7. The average molecular weight is 305 g/mol. The SMILES string of the molecule is CN(C)C(=O)Cn1cc(-c2ccc(CC(=O)O)c(F)c2)cn1. The summed E-state index contributed by atoms with van der Waals surface area (Å²) in [5.41, 5.74) is 1.37. The third-order valence-corrected chi connectivity index (χ3v) is 3.16. The number of halogens is 1. The molecule has 22 heavy (non-hydrogen) atoms. The molecular weight excluding hydrogens is 289 g/mol. The lowest BCUT2D eigenvalue weighted by molar-refractivity contribution is -0.136. The van der Waals surface area contributed by atoms with Crippen LogP contribution in [-0.4, -0.2) is 45.8 Å². The van der Waals surface area contributed by atoms with E-state index in [-0.39, 0.29) is 24.4 Å². The van der Waals surface area contributed by atoms with E-state index in [2.05, 4.69) is 5.10 Å². The number of hydrogen-bond donors (Lipinski definition) is 1. The zero-order valence-corrected chi connectivity index (χ0v) is 12.3. The van der Waals surface area contributed by atoms with Crippen molar-refractivity contribution in [3.8, 4) is 11.1 Å². The summed E-state index contributed by atoms with van der Waals surface area (Å²) in [7, 11) is 3.31. The Balaban J connectivity index is 2.19. The van der Waals surface area contributed by atoms with Crippen molar-refractivity contribution in [2.45, 2.75) is 13.0 Å². The molecule has 0 bridgehead atoms. The van der Waals surface area contributed by atoms with Gasteiger partial charge < -0.3 is 10.0 Å². The summed E-state index contributed by atoms with van der Waals surface area (Å²) in [6.45, 7) is 0.104. The molecule has 7 heteroatoms. The monoisotopic (exact) mass is 305 g/mol. The number of likely N-dealkylation sites (N-methyl/N-ethyl adjacent to an activating group) is 1. The van der Waals surface area contributed by atoms with Crippen LogP contribution >= 0.6 is 0 Å². The van der Waals surface area contributed by atoms with E-state index >= 15 is 0 Å². The van der Waals surface area contributed by atoms with Crippen LogP contribution in [0.3, 0.4) is 0 Å². The molecule has 2 aromatic rings. The van der Waals surface area contributed by atoms with Crippen molar-refractivity contribution in [3.63, 3.8) is 0 Å². The maximum absolute atomic E-state index is 13.9. The van der Waals surface area contributed by atoms with Crippen LogP contribution < -0.4 is 0 Å². The predicted octanol–water partition coefficient (Wildman–Crippen LogP) is 1.40. The molecule has 0 aliphatic heterocycles. The van der Waals surface area contributed by atoms with Gasteiger partial charge in [-0.05, 0) is 17.2 Å². The van der Waals surface area contributed by atoms with Gasteiger partial charge in [0, 0.05) is 25.9 Å². The second-order valence-electron chi connectivity index (χ2n) is 5.09. The van der Waals surface area contributed by atoms with Gasteiger partial charge in [-0.15, -0.1) is 0 Å². The van der Waals surface area contributed by atoms with Crippen LogP contribution in [0.4, 0.5) is 4.39 Å². The highest BCUT2D eigenvalue weighted by Crippen LogP contribution is 2.21. The van der Waals surface area contributed by atoms with E-state index < -0.39 is 11.8 Å². The molecule has 0 fully saturated rings. The minimum atomic E-state index is -1.08. The first-order chi connectivity index (χ1) is 10.4. The van der Waals surface area contributed by atoms with Gasteiger partial charge in [0.05, 0.1) is 12.6 Å². The normalized spacial score (nSPS) is 10.5. The number of benzene rings is 1. The fraction of sp³-hybridized carbons (Fsp3) is 0.267. The number of carbonyl (C=O) groups is 2. The zero-order chi connectivity index (χ0) is 16.3. The van der Waals surface area contributed by atoms with Gasteiger partial charge in [-0.1, -0.05) is 12.1 Å². The Kier molecular flexibility index (Phi) is 4.55. The van der Waals surface area contributed by atoms with Crippen LogP contribution in [-0.2, 0) is 22.6 Å². The van der Waals surface area contributed by atoms with Crippen LogP contribution in [0.25, 0.3) is 11.1 Å². The van der Waals surface area contributed by atoms with Crippen molar-refractivity contribution in [1.29, 1.82) is 0 Å². The van der Waals surface area contributed by atoms with E-state index in [9.17, 15) is 14.0 Å². The fourth-order valence-electron chi connectivity index (χ4n) is 1.91. The Morgan fingerprint density at radius 1 is 1.32 bits per heavy atom. The van der Waals surface area contributed by atoms with Crippen molar-refractivity contribution in [2.75, 3.05) is 14.1 Å². The van der Waals surface area contributed by atoms with Gasteiger partial charge in [0.1, 0.15) is 12.4 Å². The second-order valence-corrected chi connectivity index (χ2v) is 5.09. The van der Waals surface area contributed by atoms with Gasteiger partial charge in [0.25, 0.3) is 0 Å². The summed E-state index contributed by atoms with van der Waals surface area (Å²) < 4.78 is 15.3. The molecule has 0 saturated heterocycles. The number of carbonyl (C=O) groups excluding carboxylic acids is 1. The van der Waals surface area contributed by atoms with Crippen molar-refractivity contribution in [2.24, 2.45) is 0 Å². The number of aliphatic carboxylic acids is 1. The standard InChI is InChI=1S/C15H16FN3O3/c1-18(2)14(20)9-19-8-12(7-17-19)10-3-4-11(6-15(21)22)13(16)5-10/h3-5,7-8H,6,9H2,1-2H3,(H,21,22). The van der Waals surface area contributed by atoms with Crippen molar-refractivity contribution in [1.82, 2.24) is 14.7 Å². The first-order valence-corrected chi connectivity index (χ1v) is 6.60. The Morgan fingerprint density at radius 3 is 2.64 bits per heavy atom. The van der Waals surface area contributed by atoms with Crippen molar-refractivity contribution >= 4 is 11.9 Å². The largest absolute Gasteiger partial charge is 0.481 e. The number of carboxylic acids is 1. The lowest BCUT2D eigenvalue weighted by Gasteiger charge is -2.09. The maximum Gasteiger partial charge on any atom is 0.307 e. The second kappa shape index (κ2) is 6.38. The molecule has 116 valence electrons. The molecule has 0 aliphatic rings. The van der Waals surface area contributed by atoms with Crippen LogP contribution in [0, 0.1) is 5.82 Å². The number of nitrogens with zero attached hydrogens (tertiary/aromatic N) is 3. The zero-order valence-electron chi connectivity index (χ0n) is 12.3. The molecule has 0 spiro atoms. The molecule has 2 rings (SSSR count). The number of carboxylic acid groups (broad SMARTS) is 1. The minimum Gasteiger partial charge on any atom is -0.481 e. The molecule has 6 nitrogen and oxygen atoms in total. The van der Waals surface area contributed by atoms with Crippen LogP contribution in [0.2, 0.25) is 0 Å². The van der Waals surface area contributed by atoms with Crippen molar-refractivity contribution in [3.05, 3.63) is 42.0 Å². The average Bonchev–Trinajstić information content (AvgIpc) is 2.89. The Morgan fingerprint density at radius 2 is 2.05 bits per heavy atom.